The lowest BCUT2D eigenvalue weighted by Gasteiger charge is -2.15. The van der Waals surface area contributed by atoms with Crippen LogP contribution < -0.4 is 5.32 Å². The molecule has 0 saturated carbocycles. The summed E-state index contributed by atoms with van der Waals surface area (Å²) < 4.78 is 1.04. The molecular weight excluding hydrogens is 230 g/mol. The van der Waals surface area contributed by atoms with Crippen LogP contribution in [0.3, 0.4) is 0 Å². The lowest BCUT2D eigenvalue weighted by Crippen LogP contribution is -2.20. The Balaban J connectivity index is 2.99. The molecule has 1 aromatic carbocycles. The summed E-state index contributed by atoms with van der Waals surface area (Å²) in [6.07, 6.45) is 0. The van der Waals surface area contributed by atoms with Gasteiger partial charge in [0.05, 0.1) is 12.6 Å². The van der Waals surface area contributed by atoms with Crippen LogP contribution in [0, 0.1) is 6.92 Å². The highest BCUT2D eigenvalue weighted by atomic mass is 79.9. The minimum absolute atomic E-state index is 0.00924. The number of benzene rings is 1. The molecule has 0 fully saturated rings. The van der Waals surface area contributed by atoms with Crippen molar-refractivity contribution in [3.63, 3.8) is 0 Å². The van der Waals surface area contributed by atoms with Gasteiger partial charge in [0, 0.05) is 4.47 Å². The van der Waals surface area contributed by atoms with E-state index < -0.39 is 0 Å². The molecule has 0 aromatic heterocycles. The first-order chi connectivity index (χ1) is 6.19. The van der Waals surface area contributed by atoms with Crippen LogP contribution in [0.15, 0.2) is 22.7 Å². The molecule has 1 atom stereocenters. The van der Waals surface area contributed by atoms with Crippen molar-refractivity contribution in [3.05, 3.63) is 33.8 Å². The molecule has 2 N–H and O–H groups in total. The first kappa shape index (κ1) is 10.7. The lowest BCUT2D eigenvalue weighted by molar-refractivity contribution is 0.250. The molecule has 1 rings (SSSR count). The fourth-order valence-corrected chi connectivity index (χ4v) is 2.03. The number of aliphatic hydroxyl groups is 1. The van der Waals surface area contributed by atoms with Crippen LogP contribution in [0.2, 0.25) is 0 Å². The van der Waals surface area contributed by atoms with Gasteiger partial charge in [-0.25, -0.2) is 0 Å². The van der Waals surface area contributed by atoms with Gasteiger partial charge in [0.25, 0.3) is 0 Å². The van der Waals surface area contributed by atoms with Gasteiger partial charge in [0.15, 0.2) is 0 Å². The van der Waals surface area contributed by atoms with Gasteiger partial charge in [-0.15, -0.1) is 0 Å². The SMILES string of the molecule is CNC(CO)c1ccc(C)cc1Br. The van der Waals surface area contributed by atoms with Crippen LogP contribution in [0.5, 0.6) is 0 Å². The predicted octanol–water partition coefficient (Wildman–Crippen LogP) is 2.01. The number of hydrogen-bond acceptors (Lipinski definition) is 2. The monoisotopic (exact) mass is 243 g/mol. The molecule has 0 aliphatic carbocycles. The van der Waals surface area contributed by atoms with Crippen LogP contribution in [0.1, 0.15) is 17.2 Å². The first-order valence-corrected chi connectivity index (χ1v) is 5.02. The summed E-state index contributed by atoms with van der Waals surface area (Å²) in [4.78, 5) is 0. The molecule has 3 heteroatoms. The quantitative estimate of drug-likeness (QED) is 0.852. The maximum absolute atomic E-state index is 9.09. The van der Waals surface area contributed by atoms with E-state index in [1.54, 1.807) is 0 Å². The third-order valence-electron chi connectivity index (χ3n) is 2.06. The zero-order chi connectivity index (χ0) is 9.84. The summed E-state index contributed by atoms with van der Waals surface area (Å²) in [5.41, 5.74) is 2.30. The molecule has 13 heavy (non-hydrogen) atoms. The van der Waals surface area contributed by atoms with Crippen molar-refractivity contribution in [2.75, 3.05) is 13.7 Å². The Hall–Kier alpha value is -0.380. The standard InChI is InChI=1S/C10H14BrNO/c1-7-3-4-8(9(11)5-7)10(6-13)12-2/h3-5,10,12-13H,6H2,1-2H3. The molecule has 0 heterocycles. The third-order valence-corrected chi connectivity index (χ3v) is 2.75. The van der Waals surface area contributed by atoms with Crippen molar-refractivity contribution in [1.29, 1.82) is 0 Å². The minimum atomic E-state index is 0.00924. The van der Waals surface area contributed by atoms with E-state index in [1.807, 2.05) is 26.1 Å². The smallest absolute Gasteiger partial charge is 0.0626 e. The maximum Gasteiger partial charge on any atom is 0.0626 e. The van der Waals surface area contributed by atoms with E-state index in [1.165, 1.54) is 5.56 Å². The van der Waals surface area contributed by atoms with Crippen molar-refractivity contribution in [2.45, 2.75) is 13.0 Å². The van der Waals surface area contributed by atoms with E-state index in [4.69, 9.17) is 5.11 Å². The highest BCUT2D eigenvalue weighted by Gasteiger charge is 2.10. The molecular formula is C10H14BrNO. The number of aryl methyl sites for hydroxylation is 1. The van der Waals surface area contributed by atoms with E-state index in [9.17, 15) is 0 Å². The molecule has 0 aliphatic rings. The van der Waals surface area contributed by atoms with Crippen molar-refractivity contribution >= 4 is 15.9 Å². The second-order valence-corrected chi connectivity index (χ2v) is 3.90. The Morgan fingerprint density at radius 1 is 1.54 bits per heavy atom. The normalized spacial score (nSPS) is 12.9. The van der Waals surface area contributed by atoms with Gasteiger partial charge in [0.1, 0.15) is 0 Å². The first-order valence-electron chi connectivity index (χ1n) is 4.23. The van der Waals surface area contributed by atoms with Crippen molar-refractivity contribution in [3.8, 4) is 0 Å². The average molecular weight is 244 g/mol. The summed E-state index contributed by atoms with van der Waals surface area (Å²) in [6, 6.07) is 6.13. The fraction of sp³-hybridized carbons (Fsp3) is 0.400. The van der Waals surface area contributed by atoms with Gasteiger partial charge in [-0.05, 0) is 31.2 Å². The zero-order valence-electron chi connectivity index (χ0n) is 7.84. The van der Waals surface area contributed by atoms with Crippen molar-refractivity contribution in [2.24, 2.45) is 0 Å². The number of aliphatic hydroxyl groups excluding tert-OH is 1. The summed E-state index contributed by atoms with van der Waals surface area (Å²) >= 11 is 3.48. The second-order valence-electron chi connectivity index (χ2n) is 3.05. The van der Waals surface area contributed by atoms with E-state index in [-0.39, 0.29) is 12.6 Å². The second kappa shape index (κ2) is 4.74. The highest BCUT2D eigenvalue weighted by molar-refractivity contribution is 9.10. The number of rotatable bonds is 3. The average Bonchev–Trinajstić information content (AvgIpc) is 2.10. The Morgan fingerprint density at radius 3 is 2.69 bits per heavy atom. The molecule has 1 unspecified atom stereocenters. The number of halogens is 1. The zero-order valence-corrected chi connectivity index (χ0v) is 9.43. The summed E-state index contributed by atoms with van der Waals surface area (Å²) in [5, 5.41) is 12.1. The Morgan fingerprint density at radius 2 is 2.23 bits per heavy atom. The van der Waals surface area contributed by atoms with Crippen LogP contribution >= 0.6 is 15.9 Å². The summed E-state index contributed by atoms with van der Waals surface area (Å²) in [6.45, 7) is 2.15. The van der Waals surface area contributed by atoms with E-state index in [0.717, 1.165) is 10.0 Å². The Bertz CT molecular complexity index is 284. The number of nitrogens with one attached hydrogen (secondary N) is 1. The van der Waals surface area contributed by atoms with E-state index in [2.05, 4.69) is 27.3 Å². The summed E-state index contributed by atoms with van der Waals surface area (Å²) in [7, 11) is 1.84. The fourth-order valence-electron chi connectivity index (χ4n) is 1.26. The van der Waals surface area contributed by atoms with E-state index >= 15 is 0 Å². The van der Waals surface area contributed by atoms with Crippen LogP contribution in [-0.4, -0.2) is 18.8 Å². The third kappa shape index (κ3) is 2.53. The van der Waals surface area contributed by atoms with Crippen LogP contribution in [0.4, 0.5) is 0 Å². The maximum atomic E-state index is 9.09. The summed E-state index contributed by atoms with van der Waals surface area (Å²) in [5.74, 6) is 0. The van der Waals surface area contributed by atoms with Gasteiger partial charge >= 0.3 is 0 Å². The van der Waals surface area contributed by atoms with Crippen molar-refractivity contribution < 1.29 is 5.11 Å². The highest BCUT2D eigenvalue weighted by Crippen LogP contribution is 2.23. The number of likely N-dealkylation sites (N-methyl/N-ethyl adjacent to an activating group) is 1. The van der Waals surface area contributed by atoms with Gasteiger partial charge in [-0.2, -0.15) is 0 Å². The largest absolute Gasteiger partial charge is 0.394 e. The van der Waals surface area contributed by atoms with Gasteiger partial charge < -0.3 is 10.4 Å². The molecule has 72 valence electrons. The van der Waals surface area contributed by atoms with Gasteiger partial charge in [-0.1, -0.05) is 28.1 Å². The molecule has 0 spiro atoms. The van der Waals surface area contributed by atoms with Crippen molar-refractivity contribution in [1.82, 2.24) is 5.32 Å². The number of hydrogen-bond donors (Lipinski definition) is 2. The van der Waals surface area contributed by atoms with Gasteiger partial charge in [0.2, 0.25) is 0 Å². The van der Waals surface area contributed by atoms with Crippen LogP contribution in [0.25, 0.3) is 0 Å². The Kier molecular flexibility index (Phi) is 3.90. The minimum Gasteiger partial charge on any atom is -0.394 e. The topological polar surface area (TPSA) is 32.3 Å². The molecule has 0 amide bonds. The Labute approximate surface area is 87.1 Å². The molecule has 0 aliphatic heterocycles. The molecule has 0 saturated heterocycles. The molecule has 2 nitrogen and oxygen atoms in total. The predicted molar refractivity (Wildman–Crippen MR) is 57.8 cm³/mol. The molecule has 1 aromatic rings. The molecule has 0 radical (unpaired) electrons. The van der Waals surface area contributed by atoms with Crippen LogP contribution in [-0.2, 0) is 0 Å². The molecule has 0 bridgehead atoms. The lowest BCUT2D eigenvalue weighted by atomic mass is 10.1. The van der Waals surface area contributed by atoms with E-state index in [0.29, 0.717) is 0 Å². The van der Waals surface area contributed by atoms with Gasteiger partial charge in [-0.3, -0.25) is 0 Å².